The molecule has 5 heteroatoms. The van der Waals surface area contributed by atoms with Crippen molar-refractivity contribution in [2.45, 2.75) is 51.2 Å². The van der Waals surface area contributed by atoms with Gasteiger partial charge in [0, 0.05) is 12.6 Å². The number of rotatable bonds is 5. The zero-order valence-electron chi connectivity index (χ0n) is 10.9. The predicted molar refractivity (Wildman–Crippen MR) is 65.0 cm³/mol. The van der Waals surface area contributed by atoms with Crippen molar-refractivity contribution < 1.29 is 19.1 Å². The molecule has 2 rings (SSSR count). The lowest BCUT2D eigenvalue weighted by atomic mass is 10.1. The van der Waals surface area contributed by atoms with E-state index in [4.69, 9.17) is 9.47 Å². The van der Waals surface area contributed by atoms with Gasteiger partial charge in [0.25, 0.3) is 5.91 Å². The van der Waals surface area contributed by atoms with Gasteiger partial charge in [-0.2, -0.15) is 0 Å². The second kappa shape index (κ2) is 6.18. The summed E-state index contributed by atoms with van der Waals surface area (Å²) in [5.74, 6) is -0.362. The quantitative estimate of drug-likeness (QED) is 0.691. The van der Waals surface area contributed by atoms with Crippen LogP contribution in [0.1, 0.15) is 39.0 Å². The van der Waals surface area contributed by atoms with Gasteiger partial charge < -0.3 is 14.4 Å². The molecule has 0 spiro atoms. The Hall–Kier alpha value is -1.10. The van der Waals surface area contributed by atoms with Gasteiger partial charge in [-0.3, -0.25) is 9.59 Å². The first-order valence-corrected chi connectivity index (χ1v) is 6.80. The topological polar surface area (TPSA) is 55.8 Å². The first-order valence-electron chi connectivity index (χ1n) is 6.80. The standard InChI is InChI=1S/C13H21NO4/c1-2-17-12(15)9-14(10-6-7-10)13(16)11-5-3-4-8-18-11/h10-11H,2-9H2,1H3. The summed E-state index contributed by atoms with van der Waals surface area (Å²) in [4.78, 5) is 25.5. The van der Waals surface area contributed by atoms with Crippen molar-refractivity contribution in [1.82, 2.24) is 4.90 Å². The first-order chi connectivity index (χ1) is 8.72. The molecule has 0 N–H and O–H groups in total. The van der Waals surface area contributed by atoms with E-state index in [1.165, 1.54) is 0 Å². The molecule has 1 heterocycles. The van der Waals surface area contributed by atoms with E-state index in [0.717, 1.165) is 32.1 Å². The number of esters is 1. The Morgan fingerprint density at radius 2 is 2.06 bits per heavy atom. The minimum absolute atomic E-state index is 0.0368. The van der Waals surface area contributed by atoms with Gasteiger partial charge in [0.1, 0.15) is 12.6 Å². The largest absolute Gasteiger partial charge is 0.465 e. The molecule has 0 bridgehead atoms. The fourth-order valence-electron chi connectivity index (χ4n) is 2.24. The summed E-state index contributed by atoms with van der Waals surface area (Å²) >= 11 is 0. The van der Waals surface area contributed by atoms with Crippen molar-refractivity contribution in [3.8, 4) is 0 Å². The molecule has 5 nitrogen and oxygen atoms in total. The Labute approximate surface area is 107 Å². The maximum absolute atomic E-state index is 12.3. The number of carbonyl (C=O) groups excluding carboxylic acids is 2. The predicted octanol–water partition coefficient (Wildman–Crippen LogP) is 1.11. The fraction of sp³-hybridized carbons (Fsp3) is 0.846. The molecule has 2 aliphatic rings. The number of hydrogen-bond donors (Lipinski definition) is 0. The summed E-state index contributed by atoms with van der Waals surface area (Å²) < 4.78 is 10.4. The monoisotopic (exact) mass is 255 g/mol. The summed E-state index contributed by atoms with van der Waals surface area (Å²) in [5, 5.41) is 0. The average molecular weight is 255 g/mol. The second-order valence-electron chi connectivity index (χ2n) is 4.86. The number of nitrogens with zero attached hydrogens (tertiary/aromatic N) is 1. The molecular formula is C13H21NO4. The van der Waals surface area contributed by atoms with Crippen LogP contribution in [0.25, 0.3) is 0 Å². The summed E-state index contributed by atoms with van der Waals surface area (Å²) in [6.07, 6.45) is 4.42. The van der Waals surface area contributed by atoms with E-state index in [9.17, 15) is 9.59 Å². The molecule has 1 unspecified atom stereocenters. The summed E-state index contributed by atoms with van der Waals surface area (Å²) in [6, 6.07) is 0.215. The van der Waals surface area contributed by atoms with Crippen LogP contribution in [0, 0.1) is 0 Å². The fourth-order valence-corrected chi connectivity index (χ4v) is 2.24. The SMILES string of the molecule is CCOC(=O)CN(C(=O)C1CCCCO1)C1CC1. The minimum Gasteiger partial charge on any atom is -0.465 e. The zero-order valence-corrected chi connectivity index (χ0v) is 10.9. The Morgan fingerprint density at radius 1 is 1.28 bits per heavy atom. The van der Waals surface area contributed by atoms with Gasteiger partial charge in [0.05, 0.1) is 6.61 Å². The van der Waals surface area contributed by atoms with E-state index in [1.807, 2.05) is 0 Å². The number of hydrogen-bond acceptors (Lipinski definition) is 4. The minimum atomic E-state index is -0.353. The number of amides is 1. The molecule has 0 aromatic heterocycles. The van der Waals surface area contributed by atoms with Crippen LogP contribution in [-0.2, 0) is 19.1 Å². The van der Waals surface area contributed by atoms with Gasteiger partial charge in [-0.05, 0) is 39.0 Å². The van der Waals surface area contributed by atoms with Crippen LogP contribution >= 0.6 is 0 Å². The van der Waals surface area contributed by atoms with Gasteiger partial charge in [-0.15, -0.1) is 0 Å². The molecular weight excluding hydrogens is 234 g/mol. The van der Waals surface area contributed by atoms with Gasteiger partial charge in [-0.25, -0.2) is 0 Å². The molecule has 1 saturated carbocycles. The van der Waals surface area contributed by atoms with Crippen molar-refractivity contribution >= 4 is 11.9 Å². The first kappa shape index (κ1) is 13.3. The lowest BCUT2D eigenvalue weighted by Gasteiger charge is -2.28. The molecule has 2 fully saturated rings. The molecule has 1 aliphatic heterocycles. The smallest absolute Gasteiger partial charge is 0.325 e. The van der Waals surface area contributed by atoms with E-state index in [2.05, 4.69) is 0 Å². The highest BCUT2D eigenvalue weighted by molar-refractivity contribution is 5.85. The maximum atomic E-state index is 12.3. The van der Waals surface area contributed by atoms with Gasteiger partial charge in [0.15, 0.2) is 0 Å². The highest BCUT2D eigenvalue weighted by Crippen LogP contribution is 2.28. The summed E-state index contributed by atoms with van der Waals surface area (Å²) in [7, 11) is 0. The molecule has 18 heavy (non-hydrogen) atoms. The summed E-state index contributed by atoms with van der Waals surface area (Å²) in [6.45, 7) is 2.84. The Bertz CT molecular complexity index is 308. The van der Waals surface area contributed by atoms with Crippen molar-refractivity contribution in [2.75, 3.05) is 19.8 Å². The molecule has 1 atom stereocenters. The molecule has 0 aromatic rings. The van der Waals surface area contributed by atoms with Crippen LogP contribution in [-0.4, -0.2) is 48.7 Å². The molecule has 1 amide bonds. The third-order valence-electron chi connectivity index (χ3n) is 3.33. The zero-order chi connectivity index (χ0) is 13.0. The Morgan fingerprint density at radius 3 is 2.61 bits per heavy atom. The van der Waals surface area contributed by atoms with E-state index in [-0.39, 0.29) is 30.6 Å². The molecule has 0 aromatic carbocycles. The van der Waals surface area contributed by atoms with E-state index < -0.39 is 0 Å². The van der Waals surface area contributed by atoms with Crippen molar-refractivity contribution in [1.29, 1.82) is 0 Å². The van der Waals surface area contributed by atoms with Crippen LogP contribution in [0.5, 0.6) is 0 Å². The molecule has 102 valence electrons. The maximum Gasteiger partial charge on any atom is 0.325 e. The van der Waals surface area contributed by atoms with Gasteiger partial charge in [0.2, 0.25) is 0 Å². The van der Waals surface area contributed by atoms with E-state index >= 15 is 0 Å². The number of ether oxygens (including phenoxy) is 2. The Kier molecular flexibility index (Phi) is 4.58. The normalized spacial score (nSPS) is 23.5. The third kappa shape index (κ3) is 3.45. The third-order valence-corrected chi connectivity index (χ3v) is 3.33. The van der Waals surface area contributed by atoms with Crippen LogP contribution < -0.4 is 0 Å². The molecule has 1 saturated heterocycles. The van der Waals surface area contributed by atoms with Crippen LogP contribution in [0.15, 0.2) is 0 Å². The van der Waals surface area contributed by atoms with Crippen LogP contribution in [0.3, 0.4) is 0 Å². The average Bonchev–Trinajstić information content (AvgIpc) is 3.21. The number of carbonyl (C=O) groups is 2. The van der Waals surface area contributed by atoms with Crippen molar-refractivity contribution in [3.05, 3.63) is 0 Å². The van der Waals surface area contributed by atoms with E-state index in [1.54, 1.807) is 11.8 Å². The molecule has 1 aliphatic carbocycles. The lowest BCUT2D eigenvalue weighted by Crippen LogP contribution is -2.45. The van der Waals surface area contributed by atoms with Crippen LogP contribution in [0.2, 0.25) is 0 Å². The second-order valence-corrected chi connectivity index (χ2v) is 4.86. The highest BCUT2D eigenvalue weighted by atomic mass is 16.5. The lowest BCUT2D eigenvalue weighted by molar-refractivity contribution is -0.155. The van der Waals surface area contributed by atoms with Gasteiger partial charge in [-0.1, -0.05) is 0 Å². The van der Waals surface area contributed by atoms with Gasteiger partial charge >= 0.3 is 5.97 Å². The molecule has 0 radical (unpaired) electrons. The highest BCUT2D eigenvalue weighted by Gasteiger charge is 2.38. The Balaban J connectivity index is 1.91. The van der Waals surface area contributed by atoms with E-state index in [0.29, 0.717) is 13.2 Å². The van der Waals surface area contributed by atoms with Crippen molar-refractivity contribution in [2.24, 2.45) is 0 Å². The van der Waals surface area contributed by atoms with Crippen molar-refractivity contribution in [3.63, 3.8) is 0 Å². The van der Waals surface area contributed by atoms with Crippen LogP contribution in [0.4, 0.5) is 0 Å². The summed E-state index contributed by atoms with van der Waals surface area (Å²) in [5.41, 5.74) is 0.